The van der Waals surface area contributed by atoms with Gasteiger partial charge in [0.25, 0.3) is 6.43 Å². The Labute approximate surface area is 170 Å². The highest BCUT2D eigenvalue weighted by atomic mass is 19.3. The summed E-state index contributed by atoms with van der Waals surface area (Å²) in [5.41, 5.74) is 5.76. The number of nitrogens with one attached hydrogen (secondary N) is 1. The van der Waals surface area contributed by atoms with Crippen LogP contribution >= 0.6 is 0 Å². The molecular formula is C20H20F4N6. The number of nitrogens with zero attached hydrogens (tertiary/aromatic N) is 4. The second kappa shape index (κ2) is 8.02. The molecule has 0 spiro atoms. The van der Waals surface area contributed by atoms with Gasteiger partial charge in [0, 0.05) is 24.0 Å². The molecule has 0 aliphatic carbocycles. The fourth-order valence-corrected chi connectivity index (χ4v) is 3.50. The van der Waals surface area contributed by atoms with Crippen LogP contribution < -0.4 is 16.0 Å². The predicted molar refractivity (Wildman–Crippen MR) is 106 cm³/mol. The highest BCUT2D eigenvalue weighted by Crippen LogP contribution is 2.28. The van der Waals surface area contributed by atoms with Crippen LogP contribution in [0.5, 0.6) is 0 Å². The highest BCUT2D eigenvalue weighted by Gasteiger charge is 2.31. The normalized spacial score (nSPS) is 19.1. The molecule has 158 valence electrons. The van der Waals surface area contributed by atoms with Gasteiger partial charge in [-0.1, -0.05) is 18.2 Å². The van der Waals surface area contributed by atoms with Crippen LogP contribution in [0.1, 0.15) is 23.4 Å². The van der Waals surface area contributed by atoms with Gasteiger partial charge in [-0.3, -0.25) is 0 Å². The topological polar surface area (TPSA) is 80.0 Å². The Morgan fingerprint density at radius 3 is 2.77 bits per heavy atom. The molecule has 1 aliphatic heterocycles. The number of aromatic nitrogens is 3. The molecule has 0 bridgehead atoms. The van der Waals surface area contributed by atoms with E-state index in [1.54, 1.807) is 24.1 Å². The number of fused-ring (bicyclic) bond motifs is 1. The first-order valence-electron chi connectivity index (χ1n) is 9.41. The number of alkyl halides is 3. The monoisotopic (exact) mass is 420 g/mol. The Bertz CT molecular complexity index is 1070. The van der Waals surface area contributed by atoms with E-state index < -0.39 is 30.0 Å². The second-order valence-electron chi connectivity index (χ2n) is 7.24. The summed E-state index contributed by atoms with van der Waals surface area (Å²) in [6, 6.07) is 5.01. The van der Waals surface area contributed by atoms with Crippen LogP contribution in [0.4, 0.5) is 29.2 Å². The van der Waals surface area contributed by atoms with Crippen LogP contribution in [-0.2, 0) is 6.54 Å². The van der Waals surface area contributed by atoms with Gasteiger partial charge in [0.05, 0.1) is 29.9 Å². The number of hydrogen-bond acceptors (Lipinski definition) is 6. The molecule has 3 aromatic rings. The Morgan fingerprint density at radius 2 is 2.07 bits per heavy atom. The van der Waals surface area contributed by atoms with Crippen molar-refractivity contribution >= 4 is 22.5 Å². The van der Waals surface area contributed by atoms with Crippen LogP contribution in [0, 0.1) is 12.7 Å². The lowest BCUT2D eigenvalue weighted by Gasteiger charge is -2.18. The molecule has 3 N–H and O–H groups in total. The molecule has 0 amide bonds. The number of nitrogens with two attached hydrogens (primary N) is 1. The van der Waals surface area contributed by atoms with Gasteiger partial charge in [0.2, 0.25) is 0 Å². The van der Waals surface area contributed by atoms with Gasteiger partial charge in [-0.25, -0.2) is 32.5 Å². The second-order valence-corrected chi connectivity index (χ2v) is 7.24. The Hall–Kier alpha value is -3.01. The first-order chi connectivity index (χ1) is 14.3. The molecule has 4 rings (SSSR count). The summed E-state index contributed by atoms with van der Waals surface area (Å²) in [6.07, 6.45) is -2.48. The Kier molecular flexibility index (Phi) is 5.42. The molecule has 1 fully saturated rings. The highest BCUT2D eigenvalue weighted by molar-refractivity contribution is 5.90. The van der Waals surface area contributed by atoms with Crippen molar-refractivity contribution in [1.82, 2.24) is 15.0 Å². The number of benzene rings is 1. The minimum atomic E-state index is -2.90. The molecule has 1 unspecified atom stereocenters. The van der Waals surface area contributed by atoms with E-state index in [-0.39, 0.29) is 18.7 Å². The average molecular weight is 420 g/mol. The van der Waals surface area contributed by atoms with E-state index in [0.29, 0.717) is 34.9 Å². The zero-order chi connectivity index (χ0) is 21.4. The van der Waals surface area contributed by atoms with Gasteiger partial charge >= 0.3 is 0 Å². The Balaban J connectivity index is 1.65. The minimum Gasteiger partial charge on any atom is -0.365 e. The molecule has 1 aromatic carbocycles. The molecule has 1 saturated heterocycles. The summed E-state index contributed by atoms with van der Waals surface area (Å²) < 4.78 is 54.1. The molecule has 30 heavy (non-hydrogen) atoms. The molecular weight excluding hydrogens is 400 g/mol. The van der Waals surface area contributed by atoms with Gasteiger partial charge in [-0.05, 0) is 13.0 Å². The SMILES string of the molecule is Cc1nc(NCc2cccc(C(F)F)c2F)c2cc(N3CC(F)[C@@H](N)C3)ncc2n1. The van der Waals surface area contributed by atoms with Crippen molar-refractivity contribution in [1.29, 1.82) is 0 Å². The Morgan fingerprint density at radius 1 is 1.27 bits per heavy atom. The first kappa shape index (κ1) is 20.3. The van der Waals surface area contributed by atoms with E-state index in [9.17, 15) is 17.6 Å². The van der Waals surface area contributed by atoms with E-state index in [4.69, 9.17) is 5.73 Å². The molecule has 2 atom stereocenters. The zero-order valence-corrected chi connectivity index (χ0v) is 16.1. The van der Waals surface area contributed by atoms with Crippen molar-refractivity contribution in [3.05, 3.63) is 53.2 Å². The van der Waals surface area contributed by atoms with Gasteiger partial charge < -0.3 is 16.0 Å². The fraction of sp³-hybridized carbons (Fsp3) is 0.350. The summed E-state index contributed by atoms with van der Waals surface area (Å²) in [5, 5.41) is 3.61. The number of anilines is 2. The smallest absolute Gasteiger partial charge is 0.266 e. The van der Waals surface area contributed by atoms with Crippen LogP contribution in [0.3, 0.4) is 0 Å². The maximum atomic E-state index is 14.3. The lowest BCUT2D eigenvalue weighted by Crippen LogP contribution is -2.30. The van der Waals surface area contributed by atoms with Crippen molar-refractivity contribution in [3.8, 4) is 0 Å². The first-order valence-corrected chi connectivity index (χ1v) is 9.41. The molecule has 3 heterocycles. The standard InChI is InChI=1S/C20H20F4N6/c1-10-28-16-7-26-17(30-8-14(21)15(25)9-30)5-13(16)20(29-10)27-6-11-3-2-4-12(18(11)22)19(23)24/h2-5,7,14-15,19H,6,8-9,25H2,1H3,(H,27,28,29)/t14?,15-/m0/s1. The third-order valence-corrected chi connectivity index (χ3v) is 5.08. The number of halogens is 4. The van der Waals surface area contributed by atoms with Crippen LogP contribution in [0.15, 0.2) is 30.5 Å². The number of aryl methyl sites for hydroxylation is 1. The summed E-state index contributed by atoms with van der Waals surface area (Å²) in [6.45, 7) is 2.13. The zero-order valence-electron chi connectivity index (χ0n) is 16.1. The van der Waals surface area contributed by atoms with Gasteiger partial charge in [-0.15, -0.1) is 0 Å². The van der Waals surface area contributed by atoms with Gasteiger partial charge in [0.15, 0.2) is 0 Å². The molecule has 1 aliphatic rings. The van der Waals surface area contributed by atoms with E-state index >= 15 is 0 Å². The van der Waals surface area contributed by atoms with Crippen molar-refractivity contribution in [2.24, 2.45) is 5.73 Å². The molecule has 6 nitrogen and oxygen atoms in total. The van der Waals surface area contributed by atoms with E-state index in [2.05, 4.69) is 20.3 Å². The fourth-order valence-electron chi connectivity index (χ4n) is 3.50. The van der Waals surface area contributed by atoms with Crippen molar-refractivity contribution in [2.75, 3.05) is 23.3 Å². The van der Waals surface area contributed by atoms with Crippen molar-refractivity contribution in [2.45, 2.75) is 32.1 Å². The van der Waals surface area contributed by atoms with Crippen LogP contribution in [0.25, 0.3) is 10.9 Å². The van der Waals surface area contributed by atoms with Crippen LogP contribution in [-0.4, -0.2) is 40.3 Å². The summed E-state index contributed by atoms with van der Waals surface area (Å²) >= 11 is 0. The quantitative estimate of drug-likeness (QED) is 0.615. The number of hydrogen-bond donors (Lipinski definition) is 2. The molecule has 0 radical (unpaired) electrons. The predicted octanol–water partition coefficient (Wildman–Crippen LogP) is 3.51. The number of pyridine rings is 1. The third-order valence-electron chi connectivity index (χ3n) is 5.08. The minimum absolute atomic E-state index is 0.0449. The number of rotatable bonds is 5. The summed E-state index contributed by atoms with van der Waals surface area (Å²) in [5.74, 6) is 0.452. The van der Waals surface area contributed by atoms with Crippen molar-refractivity contribution < 1.29 is 17.6 Å². The van der Waals surface area contributed by atoms with E-state index in [1.165, 1.54) is 12.1 Å². The lowest BCUT2D eigenvalue weighted by atomic mass is 10.1. The van der Waals surface area contributed by atoms with Gasteiger partial charge in [-0.2, -0.15) is 0 Å². The van der Waals surface area contributed by atoms with E-state index in [0.717, 1.165) is 6.07 Å². The van der Waals surface area contributed by atoms with Crippen LogP contribution in [0.2, 0.25) is 0 Å². The summed E-state index contributed by atoms with van der Waals surface area (Å²) in [7, 11) is 0. The lowest BCUT2D eigenvalue weighted by molar-refractivity contribution is 0.146. The maximum absolute atomic E-state index is 14.3. The maximum Gasteiger partial charge on any atom is 0.266 e. The molecule has 2 aromatic heterocycles. The molecule has 0 saturated carbocycles. The summed E-state index contributed by atoms with van der Waals surface area (Å²) in [4.78, 5) is 14.8. The third kappa shape index (κ3) is 3.87. The van der Waals surface area contributed by atoms with Gasteiger partial charge in [0.1, 0.15) is 29.4 Å². The van der Waals surface area contributed by atoms with E-state index in [1.807, 2.05) is 0 Å². The van der Waals surface area contributed by atoms with Crippen molar-refractivity contribution in [3.63, 3.8) is 0 Å². The average Bonchev–Trinajstić information content (AvgIpc) is 3.05. The molecule has 10 heteroatoms. The largest absolute Gasteiger partial charge is 0.365 e.